The molecule has 0 saturated carbocycles. The Balaban J connectivity index is 2.99. The fraction of sp³-hybridized carbons (Fsp3) is 0.444. The molecule has 1 aromatic rings. The van der Waals surface area contributed by atoms with Gasteiger partial charge < -0.3 is 10.8 Å². The van der Waals surface area contributed by atoms with Crippen molar-refractivity contribution in [3.63, 3.8) is 0 Å². The molecule has 0 amide bonds. The number of rotatable bonds is 3. The van der Waals surface area contributed by atoms with Gasteiger partial charge in [0.2, 0.25) is 0 Å². The number of hydrogen-bond acceptors (Lipinski definition) is 3. The molecule has 0 aliphatic rings. The number of aryl methyl sites for hydroxylation is 2. The Morgan fingerprint density at radius 1 is 1.57 bits per heavy atom. The molecule has 3 N–H and O–H groups in total. The molecule has 0 saturated heterocycles. The highest BCUT2D eigenvalue weighted by atomic mass is 79.9. The number of carboxylic acid groups (broad SMARTS) is 1. The maximum Gasteiger partial charge on any atom is 0.305 e. The highest BCUT2D eigenvalue weighted by Crippen LogP contribution is 2.36. The zero-order valence-corrected chi connectivity index (χ0v) is 10.4. The van der Waals surface area contributed by atoms with Gasteiger partial charge in [-0.05, 0) is 35.3 Å². The van der Waals surface area contributed by atoms with Crippen molar-refractivity contribution in [1.29, 1.82) is 0 Å². The Hall–Kier alpha value is -0.390. The van der Waals surface area contributed by atoms with E-state index >= 15 is 0 Å². The van der Waals surface area contributed by atoms with Crippen LogP contribution < -0.4 is 5.73 Å². The van der Waals surface area contributed by atoms with Crippen LogP contribution in [0.1, 0.15) is 27.8 Å². The summed E-state index contributed by atoms with van der Waals surface area (Å²) >= 11 is 5.06. The number of nitrogens with two attached hydrogens (primary N) is 1. The van der Waals surface area contributed by atoms with Crippen molar-refractivity contribution in [3.05, 3.63) is 19.8 Å². The van der Waals surface area contributed by atoms with Crippen LogP contribution in [0.3, 0.4) is 0 Å². The molecule has 1 aromatic heterocycles. The third-order valence-corrected chi connectivity index (χ3v) is 4.32. The van der Waals surface area contributed by atoms with Crippen molar-refractivity contribution in [3.8, 4) is 0 Å². The van der Waals surface area contributed by atoms with Crippen molar-refractivity contribution < 1.29 is 9.90 Å². The zero-order valence-electron chi connectivity index (χ0n) is 8.00. The van der Waals surface area contributed by atoms with Crippen molar-refractivity contribution in [2.45, 2.75) is 26.3 Å². The monoisotopic (exact) mass is 277 g/mol. The molecule has 1 rings (SSSR count). The molecule has 14 heavy (non-hydrogen) atoms. The molecular formula is C9H12BrNO2S. The number of carboxylic acids is 1. The highest BCUT2D eigenvalue weighted by Gasteiger charge is 2.19. The minimum absolute atomic E-state index is 0.0321. The predicted molar refractivity (Wildman–Crippen MR) is 60.7 cm³/mol. The summed E-state index contributed by atoms with van der Waals surface area (Å²) in [4.78, 5) is 12.7. The lowest BCUT2D eigenvalue weighted by Crippen LogP contribution is -2.15. The largest absolute Gasteiger partial charge is 0.481 e. The fourth-order valence-corrected chi connectivity index (χ4v) is 3.38. The third kappa shape index (κ3) is 2.34. The van der Waals surface area contributed by atoms with Gasteiger partial charge in [0.05, 0.1) is 6.42 Å². The van der Waals surface area contributed by atoms with Gasteiger partial charge in [-0.2, -0.15) is 0 Å². The highest BCUT2D eigenvalue weighted by molar-refractivity contribution is 9.10. The average Bonchev–Trinajstić information content (AvgIpc) is 2.25. The molecule has 0 fully saturated rings. The van der Waals surface area contributed by atoms with Crippen LogP contribution in [0.4, 0.5) is 0 Å². The molecular weight excluding hydrogens is 266 g/mol. The zero-order chi connectivity index (χ0) is 10.9. The van der Waals surface area contributed by atoms with E-state index in [0.717, 1.165) is 19.8 Å². The molecule has 0 aromatic carbocycles. The van der Waals surface area contributed by atoms with Gasteiger partial charge in [0.15, 0.2) is 0 Å². The van der Waals surface area contributed by atoms with E-state index in [1.165, 1.54) is 0 Å². The molecule has 1 heterocycles. The van der Waals surface area contributed by atoms with E-state index in [9.17, 15) is 4.79 Å². The summed E-state index contributed by atoms with van der Waals surface area (Å²) in [6.07, 6.45) is -0.0321. The SMILES string of the molecule is Cc1sc(C)c(C(N)CC(=O)O)c1Br. The summed E-state index contributed by atoms with van der Waals surface area (Å²) in [6.45, 7) is 3.94. The second kappa shape index (κ2) is 4.42. The maximum absolute atomic E-state index is 10.5. The minimum Gasteiger partial charge on any atom is -0.481 e. The van der Waals surface area contributed by atoms with Crippen LogP contribution in [0.25, 0.3) is 0 Å². The quantitative estimate of drug-likeness (QED) is 0.893. The summed E-state index contributed by atoms with van der Waals surface area (Å²) < 4.78 is 0.953. The van der Waals surface area contributed by atoms with E-state index < -0.39 is 12.0 Å². The van der Waals surface area contributed by atoms with E-state index in [4.69, 9.17) is 10.8 Å². The minimum atomic E-state index is -0.868. The first-order valence-electron chi connectivity index (χ1n) is 4.16. The third-order valence-electron chi connectivity index (χ3n) is 2.00. The lowest BCUT2D eigenvalue weighted by atomic mass is 10.1. The summed E-state index contributed by atoms with van der Waals surface area (Å²) in [5, 5.41) is 8.64. The molecule has 0 bridgehead atoms. The number of halogens is 1. The normalized spacial score (nSPS) is 12.9. The van der Waals surface area contributed by atoms with Crippen LogP contribution >= 0.6 is 27.3 Å². The Labute approximate surface area is 95.1 Å². The predicted octanol–water partition coefficient (Wildman–Crippen LogP) is 2.60. The summed E-state index contributed by atoms with van der Waals surface area (Å²) in [6, 6.07) is -0.424. The van der Waals surface area contributed by atoms with E-state index in [-0.39, 0.29) is 6.42 Å². The standard InChI is InChI=1S/C9H12BrNO2S/c1-4-8(6(11)3-7(12)13)9(10)5(2)14-4/h6H,3,11H2,1-2H3,(H,12,13). The first-order chi connectivity index (χ1) is 6.43. The van der Waals surface area contributed by atoms with E-state index in [0.29, 0.717) is 0 Å². The number of carbonyl (C=O) groups is 1. The Kier molecular flexibility index (Phi) is 3.69. The molecule has 0 aliphatic heterocycles. The second-order valence-electron chi connectivity index (χ2n) is 3.15. The second-order valence-corrected chi connectivity index (χ2v) is 5.37. The molecule has 78 valence electrons. The van der Waals surface area contributed by atoms with Gasteiger partial charge in [0, 0.05) is 20.3 Å². The summed E-state index contributed by atoms with van der Waals surface area (Å²) in [5.74, 6) is -0.868. The Morgan fingerprint density at radius 3 is 2.50 bits per heavy atom. The number of aliphatic carboxylic acids is 1. The van der Waals surface area contributed by atoms with Gasteiger partial charge in [-0.1, -0.05) is 0 Å². The Morgan fingerprint density at radius 2 is 2.14 bits per heavy atom. The van der Waals surface area contributed by atoms with Crippen LogP contribution in [0, 0.1) is 13.8 Å². The van der Waals surface area contributed by atoms with E-state index in [2.05, 4.69) is 15.9 Å². The van der Waals surface area contributed by atoms with E-state index in [1.54, 1.807) is 11.3 Å². The molecule has 1 unspecified atom stereocenters. The first-order valence-corrected chi connectivity index (χ1v) is 5.77. The number of hydrogen-bond donors (Lipinski definition) is 2. The maximum atomic E-state index is 10.5. The molecule has 1 atom stereocenters. The fourth-order valence-electron chi connectivity index (χ4n) is 1.39. The van der Waals surface area contributed by atoms with Crippen molar-refractivity contribution in [2.75, 3.05) is 0 Å². The Bertz CT molecular complexity index is 362. The van der Waals surface area contributed by atoms with Crippen LogP contribution in [0.15, 0.2) is 4.47 Å². The lowest BCUT2D eigenvalue weighted by Gasteiger charge is -2.09. The van der Waals surface area contributed by atoms with Crippen molar-refractivity contribution in [2.24, 2.45) is 5.73 Å². The van der Waals surface area contributed by atoms with Crippen LogP contribution in [0.2, 0.25) is 0 Å². The van der Waals surface area contributed by atoms with Gasteiger partial charge in [0.25, 0.3) is 0 Å². The lowest BCUT2D eigenvalue weighted by molar-refractivity contribution is -0.137. The van der Waals surface area contributed by atoms with Gasteiger partial charge in [-0.15, -0.1) is 11.3 Å². The van der Waals surface area contributed by atoms with Gasteiger partial charge in [0.1, 0.15) is 0 Å². The molecule has 3 nitrogen and oxygen atoms in total. The topological polar surface area (TPSA) is 63.3 Å². The van der Waals surface area contributed by atoms with E-state index in [1.807, 2.05) is 13.8 Å². The molecule has 0 spiro atoms. The number of thiophene rings is 1. The van der Waals surface area contributed by atoms with Crippen LogP contribution in [0.5, 0.6) is 0 Å². The van der Waals surface area contributed by atoms with Gasteiger partial charge in [-0.3, -0.25) is 4.79 Å². The van der Waals surface area contributed by atoms with Crippen molar-refractivity contribution in [1.82, 2.24) is 0 Å². The first kappa shape index (κ1) is 11.7. The smallest absolute Gasteiger partial charge is 0.305 e. The molecule has 5 heteroatoms. The van der Waals surface area contributed by atoms with Crippen molar-refractivity contribution >= 4 is 33.2 Å². The van der Waals surface area contributed by atoms with Gasteiger partial charge in [-0.25, -0.2) is 0 Å². The van der Waals surface area contributed by atoms with Crippen LogP contribution in [-0.4, -0.2) is 11.1 Å². The van der Waals surface area contributed by atoms with Crippen LogP contribution in [-0.2, 0) is 4.79 Å². The average molecular weight is 278 g/mol. The molecule has 0 aliphatic carbocycles. The molecule has 0 radical (unpaired) electrons. The summed E-state index contributed by atoms with van der Waals surface area (Å²) in [5.41, 5.74) is 6.73. The summed E-state index contributed by atoms with van der Waals surface area (Å²) in [7, 11) is 0. The van der Waals surface area contributed by atoms with Gasteiger partial charge >= 0.3 is 5.97 Å².